The highest BCUT2D eigenvalue weighted by molar-refractivity contribution is 7.89. The predicted molar refractivity (Wildman–Crippen MR) is 67.1 cm³/mol. The van der Waals surface area contributed by atoms with E-state index < -0.39 is 32.4 Å². The molecule has 0 radical (unpaired) electrons. The van der Waals surface area contributed by atoms with Gasteiger partial charge in [-0.3, -0.25) is 0 Å². The molecule has 4 nitrogen and oxygen atoms in total. The summed E-state index contributed by atoms with van der Waals surface area (Å²) in [5.74, 6) is -3.89. The van der Waals surface area contributed by atoms with E-state index in [1.54, 1.807) is 0 Å². The van der Waals surface area contributed by atoms with E-state index in [-0.39, 0.29) is 12.5 Å². The van der Waals surface area contributed by atoms with E-state index in [4.69, 9.17) is 0 Å². The molecule has 1 heterocycles. The summed E-state index contributed by atoms with van der Waals surface area (Å²) in [7, 11) is -4.32. The zero-order chi connectivity index (χ0) is 14.8. The summed E-state index contributed by atoms with van der Waals surface area (Å²) in [4.78, 5) is -1.13. The number of piperidine rings is 1. The first-order valence-corrected chi connectivity index (χ1v) is 7.73. The zero-order valence-electron chi connectivity index (χ0n) is 10.6. The van der Waals surface area contributed by atoms with E-state index in [0.717, 1.165) is 25.9 Å². The average Bonchev–Trinajstić information content (AvgIpc) is 2.36. The van der Waals surface area contributed by atoms with Crippen LogP contribution in [-0.4, -0.2) is 28.1 Å². The maximum atomic E-state index is 13.5. The van der Waals surface area contributed by atoms with E-state index in [0.29, 0.717) is 12.1 Å². The molecule has 112 valence electrons. The van der Waals surface area contributed by atoms with E-state index in [9.17, 15) is 21.6 Å². The van der Waals surface area contributed by atoms with Gasteiger partial charge in [0.2, 0.25) is 10.0 Å². The quantitative estimate of drug-likeness (QED) is 0.883. The van der Waals surface area contributed by atoms with Gasteiger partial charge in [0, 0.05) is 18.7 Å². The molecular formula is C12H15F3N2O2S. The molecule has 0 saturated carbocycles. The Morgan fingerprint density at radius 3 is 2.25 bits per heavy atom. The number of halogens is 3. The molecular weight excluding hydrogens is 293 g/mol. The molecule has 20 heavy (non-hydrogen) atoms. The van der Waals surface area contributed by atoms with Crippen molar-refractivity contribution in [2.24, 2.45) is 5.92 Å². The molecule has 1 aliphatic rings. The number of hydrogen-bond acceptors (Lipinski definition) is 3. The molecule has 2 rings (SSSR count). The maximum Gasteiger partial charge on any atom is 0.246 e. The minimum atomic E-state index is -4.32. The zero-order valence-corrected chi connectivity index (χ0v) is 11.4. The Morgan fingerprint density at radius 1 is 1.15 bits per heavy atom. The fourth-order valence-electron chi connectivity index (χ4n) is 2.17. The van der Waals surface area contributed by atoms with Crippen LogP contribution in [0.25, 0.3) is 0 Å². The van der Waals surface area contributed by atoms with Gasteiger partial charge >= 0.3 is 0 Å². The summed E-state index contributed by atoms with van der Waals surface area (Å²) in [5, 5.41) is 3.13. The Kier molecular flexibility index (Phi) is 4.66. The molecule has 0 unspecified atom stereocenters. The fraction of sp³-hybridized carbons (Fsp3) is 0.500. The Labute approximate surface area is 115 Å². The monoisotopic (exact) mass is 308 g/mol. The summed E-state index contributed by atoms with van der Waals surface area (Å²) in [6.45, 7) is 1.68. The number of rotatable bonds is 4. The summed E-state index contributed by atoms with van der Waals surface area (Å²) in [6.07, 6.45) is 1.58. The molecule has 1 aliphatic heterocycles. The van der Waals surface area contributed by atoms with Gasteiger partial charge in [-0.25, -0.2) is 26.3 Å². The number of nitrogens with one attached hydrogen (secondary N) is 2. The van der Waals surface area contributed by atoms with Gasteiger partial charge in [-0.15, -0.1) is 0 Å². The molecule has 0 aliphatic carbocycles. The normalized spacial score (nSPS) is 17.4. The van der Waals surface area contributed by atoms with Crippen molar-refractivity contribution in [2.45, 2.75) is 17.7 Å². The van der Waals surface area contributed by atoms with Crippen molar-refractivity contribution in [3.05, 3.63) is 29.6 Å². The lowest BCUT2D eigenvalue weighted by Gasteiger charge is -2.22. The van der Waals surface area contributed by atoms with Crippen molar-refractivity contribution in [1.29, 1.82) is 0 Å². The molecule has 1 aromatic rings. The van der Waals surface area contributed by atoms with E-state index in [1.807, 2.05) is 0 Å². The number of sulfonamides is 1. The van der Waals surface area contributed by atoms with Crippen LogP contribution >= 0.6 is 0 Å². The van der Waals surface area contributed by atoms with Gasteiger partial charge in [0.1, 0.15) is 17.5 Å². The van der Waals surface area contributed by atoms with Crippen LogP contribution in [0.5, 0.6) is 0 Å². The van der Waals surface area contributed by atoms with Crippen LogP contribution in [0.1, 0.15) is 12.8 Å². The summed E-state index contributed by atoms with van der Waals surface area (Å²) >= 11 is 0. The molecule has 8 heteroatoms. The van der Waals surface area contributed by atoms with Crippen LogP contribution in [0, 0.1) is 23.4 Å². The Bertz CT molecular complexity index is 563. The molecule has 0 atom stereocenters. The number of benzene rings is 1. The van der Waals surface area contributed by atoms with Crippen LogP contribution < -0.4 is 10.0 Å². The van der Waals surface area contributed by atoms with Crippen LogP contribution in [0.2, 0.25) is 0 Å². The van der Waals surface area contributed by atoms with Crippen molar-refractivity contribution in [3.8, 4) is 0 Å². The lowest BCUT2D eigenvalue weighted by molar-refractivity contribution is 0.372. The van der Waals surface area contributed by atoms with Gasteiger partial charge in [-0.1, -0.05) is 0 Å². The standard InChI is InChI=1S/C12H15F3N2O2S/c13-9-5-10(14)12(11(15)6-9)20(18,19)17-7-8-1-3-16-4-2-8/h5-6,8,16-17H,1-4,7H2. The fourth-order valence-corrected chi connectivity index (χ4v) is 3.40. The van der Waals surface area contributed by atoms with Crippen LogP contribution in [-0.2, 0) is 10.0 Å². The third-order valence-electron chi connectivity index (χ3n) is 3.25. The average molecular weight is 308 g/mol. The van der Waals surface area contributed by atoms with Crippen molar-refractivity contribution < 1.29 is 21.6 Å². The Morgan fingerprint density at radius 2 is 1.70 bits per heavy atom. The van der Waals surface area contributed by atoms with E-state index >= 15 is 0 Å². The molecule has 2 N–H and O–H groups in total. The third kappa shape index (κ3) is 3.50. The van der Waals surface area contributed by atoms with Crippen molar-refractivity contribution in [1.82, 2.24) is 10.0 Å². The second kappa shape index (κ2) is 6.11. The first-order valence-electron chi connectivity index (χ1n) is 6.25. The molecule has 1 fully saturated rings. The third-order valence-corrected chi connectivity index (χ3v) is 4.73. The second-order valence-electron chi connectivity index (χ2n) is 4.74. The SMILES string of the molecule is O=S(=O)(NCC1CCNCC1)c1c(F)cc(F)cc1F. The lowest BCUT2D eigenvalue weighted by atomic mass is 9.99. The minimum Gasteiger partial charge on any atom is -0.317 e. The second-order valence-corrected chi connectivity index (χ2v) is 6.45. The largest absolute Gasteiger partial charge is 0.317 e. The first kappa shape index (κ1) is 15.3. The molecule has 0 aromatic heterocycles. The smallest absolute Gasteiger partial charge is 0.246 e. The predicted octanol–water partition coefficient (Wildman–Crippen LogP) is 1.38. The van der Waals surface area contributed by atoms with Crippen molar-refractivity contribution in [2.75, 3.05) is 19.6 Å². The summed E-state index contributed by atoms with van der Waals surface area (Å²) < 4.78 is 65.7. The van der Waals surface area contributed by atoms with Gasteiger partial charge in [-0.2, -0.15) is 0 Å². The van der Waals surface area contributed by atoms with Crippen LogP contribution in [0.3, 0.4) is 0 Å². The Hall–Kier alpha value is -1.12. The van der Waals surface area contributed by atoms with E-state index in [2.05, 4.69) is 10.0 Å². The maximum absolute atomic E-state index is 13.5. The minimum absolute atomic E-state index is 0.111. The molecule has 0 bridgehead atoms. The first-order chi connectivity index (χ1) is 9.40. The van der Waals surface area contributed by atoms with Gasteiger partial charge in [0.05, 0.1) is 0 Å². The highest BCUT2D eigenvalue weighted by Gasteiger charge is 2.26. The van der Waals surface area contributed by atoms with Crippen molar-refractivity contribution >= 4 is 10.0 Å². The van der Waals surface area contributed by atoms with E-state index in [1.165, 1.54) is 0 Å². The Balaban J connectivity index is 2.14. The summed E-state index contributed by atoms with van der Waals surface area (Å²) in [5.41, 5.74) is 0. The highest BCUT2D eigenvalue weighted by Crippen LogP contribution is 2.20. The van der Waals surface area contributed by atoms with Gasteiger partial charge in [0.25, 0.3) is 0 Å². The van der Waals surface area contributed by atoms with Crippen LogP contribution in [0.15, 0.2) is 17.0 Å². The molecule has 1 saturated heterocycles. The summed E-state index contributed by atoms with van der Waals surface area (Å²) in [6, 6.07) is 0.699. The molecule has 0 amide bonds. The van der Waals surface area contributed by atoms with Crippen molar-refractivity contribution in [3.63, 3.8) is 0 Å². The lowest BCUT2D eigenvalue weighted by Crippen LogP contribution is -2.36. The van der Waals surface area contributed by atoms with Crippen LogP contribution in [0.4, 0.5) is 13.2 Å². The van der Waals surface area contributed by atoms with Gasteiger partial charge in [-0.05, 0) is 31.8 Å². The highest BCUT2D eigenvalue weighted by atomic mass is 32.2. The molecule has 1 aromatic carbocycles. The van der Waals surface area contributed by atoms with Gasteiger partial charge < -0.3 is 5.32 Å². The number of hydrogen-bond donors (Lipinski definition) is 2. The molecule has 0 spiro atoms. The topological polar surface area (TPSA) is 58.2 Å². The van der Waals surface area contributed by atoms with Gasteiger partial charge in [0.15, 0.2) is 4.90 Å².